The highest BCUT2D eigenvalue weighted by Gasteiger charge is 2.23. The number of rotatable bonds is 6. The molecule has 0 radical (unpaired) electrons. The highest BCUT2D eigenvalue weighted by molar-refractivity contribution is 8.04. The van der Waals surface area contributed by atoms with Crippen LogP contribution in [0.25, 0.3) is 17.0 Å². The summed E-state index contributed by atoms with van der Waals surface area (Å²) in [5.41, 5.74) is 3.01. The number of carbonyl (C=O) groups is 1. The molecule has 0 spiro atoms. The molecular weight excluding hydrogens is 482 g/mol. The van der Waals surface area contributed by atoms with Crippen molar-refractivity contribution in [3.05, 3.63) is 64.4 Å². The first kappa shape index (κ1) is 25.6. The van der Waals surface area contributed by atoms with Gasteiger partial charge in [-0.1, -0.05) is 30.0 Å². The van der Waals surface area contributed by atoms with Gasteiger partial charge < -0.3 is 10.2 Å². The Morgan fingerprint density at radius 1 is 1.15 bits per heavy atom. The van der Waals surface area contributed by atoms with Gasteiger partial charge in [0.1, 0.15) is 5.82 Å². The molecule has 2 N–H and O–H groups in total. The van der Waals surface area contributed by atoms with Crippen molar-refractivity contribution in [3.63, 3.8) is 0 Å². The van der Waals surface area contributed by atoms with Crippen LogP contribution >= 0.6 is 36.6 Å². The van der Waals surface area contributed by atoms with E-state index in [1.807, 2.05) is 36.4 Å². The van der Waals surface area contributed by atoms with Gasteiger partial charge in [-0.25, -0.2) is 4.39 Å². The van der Waals surface area contributed by atoms with Crippen molar-refractivity contribution in [3.8, 4) is 0 Å². The number of aromatic nitrogens is 2. The monoisotopic (exact) mass is 508 g/mol. The second-order valence-corrected chi connectivity index (χ2v) is 9.35. The van der Waals surface area contributed by atoms with E-state index in [-0.39, 0.29) is 36.5 Å². The van der Waals surface area contributed by atoms with Gasteiger partial charge in [0, 0.05) is 23.4 Å². The third kappa shape index (κ3) is 5.90. The maximum absolute atomic E-state index is 13.0. The molecule has 2 aromatic carbocycles. The van der Waals surface area contributed by atoms with Crippen LogP contribution in [0.5, 0.6) is 0 Å². The van der Waals surface area contributed by atoms with Crippen LogP contribution in [0.2, 0.25) is 0 Å². The smallest absolute Gasteiger partial charge is 0.258 e. The number of amides is 1. The summed E-state index contributed by atoms with van der Waals surface area (Å²) < 4.78 is 13.0. The average molecular weight is 509 g/mol. The van der Waals surface area contributed by atoms with Crippen molar-refractivity contribution in [2.75, 3.05) is 26.2 Å². The predicted molar refractivity (Wildman–Crippen MR) is 137 cm³/mol. The van der Waals surface area contributed by atoms with Crippen LogP contribution in [0.15, 0.2) is 52.3 Å². The molecule has 3 heterocycles. The van der Waals surface area contributed by atoms with Crippen molar-refractivity contribution >= 4 is 59.5 Å². The zero-order valence-electron chi connectivity index (χ0n) is 18.1. The number of H-pyrrole nitrogens is 1. The molecule has 9 heteroatoms. The number of nitrogens with one attached hydrogen (secondary N) is 2. The Labute approximate surface area is 209 Å². The summed E-state index contributed by atoms with van der Waals surface area (Å²) in [6.45, 7) is 3.78. The first-order valence-corrected chi connectivity index (χ1v) is 11.6. The van der Waals surface area contributed by atoms with Crippen LogP contribution in [-0.2, 0) is 11.2 Å². The van der Waals surface area contributed by atoms with E-state index in [1.165, 1.54) is 29.5 Å². The lowest BCUT2D eigenvalue weighted by molar-refractivity contribution is -0.117. The lowest BCUT2D eigenvalue weighted by Crippen LogP contribution is -2.39. The minimum Gasteiger partial charge on any atom is -0.351 e. The van der Waals surface area contributed by atoms with Gasteiger partial charge in [0.2, 0.25) is 0 Å². The number of benzene rings is 2. The van der Waals surface area contributed by atoms with Crippen LogP contribution in [0.1, 0.15) is 24.1 Å². The van der Waals surface area contributed by atoms with Crippen molar-refractivity contribution in [2.24, 2.45) is 5.92 Å². The van der Waals surface area contributed by atoms with Gasteiger partial charge in [-0.15, -0.1) is 24.8 Å². The zero-order chi connectivity index (χ0) is 21.2. The molecule has 1 aromatic heterocycles. The number of piperidine rings is 1. The van der Waals surface area contributed by atoms with E-state index >= 15 is 0 Å². The molecule has 0 bridgehead atoms. The van der Waals surface area contributed by atoms with E-state index in [0.29, 0.717) is 17.4 Å². The molecule has 5 rings (SSSR count). The van der Waals surface area contributed by atoms with Gasteiger partial charge in [0.15, 0.2) is 0 Å². The van der Waals surface area contributed by atoms with E-state index in [0.717, 1.165) is 60.4 Å². The molecule has 0 aliphatic carbocycles. The Bertz CT molecular complexity index is 1130. The standard InChI is InChI=1S/C24H25FN4OS.2ClH/c25-18-6-4-16(5-7-18)8-11-29-12-9-17(10-13-29)15-26-24(30)22-14-20-23-19(27-28-20)2-1-3-21(23)31-22;;/h1-7,14,17H,8-13,15H2,(H,26,30)(H,27,28);2*1H. The number of nitrogens with zero attached hydrogens (tertiary/aromatic N) is 2. The Hall–Kier alpha value is -2.06. The average Bonchev–Trinajstić information content (AvgIpc) is 3.22. The molecule has 2 aliphatic heterocycles. The van der Waals surface area contributed by atoms with Crippen LogP contribution < -0.4 is 5.32 Å². The Morgan fingerprint density at radius 3 is 2.67 bits per heavy atom. The van der Waals surface area contributed by atoms with Crippen LogP contribution in [-0.4, -0.2) is 47.2 Å². The lowest BCUT2D eigenvalue weighted by atomic mass is 9.96. The highest BCUT2D eigenvalue weighted by Crippen LogP contribution is 2.39. The van der Waals surface area contributed by atoms with Gasteiger partial charge in [0.05, 0.1) is 16.1 Å². The second kappa shape index (κ2) is 11.4. The third-order valence-corrected chi connectivity index (χ3v) is 7.26. The first-order chi connectivity index (χ1) is 15.2. The summed E-state index contributed by atoms with van der Waals surface area (Å²) in [5, 5.41) is 11.6. The SMILES string of the molecule is Cl.Cl.O=C(NCC1CCN(CCc2ccc(F)cc2)CC1)C1=Cc2n[nH]c3cccc(c23)S1. The number of hydrogen-bond acceptors (Lipinski definition) is 4. The molecule has 5 nitrogen and oxygen atoms in total. The molecule has 33 heavy (non-hydrogen) atoms. The Kier molecular flexibility index (Phi) is 8.82. The second-order valence-electron chi connectivity index (χ2n) is 8.27. The van der Waals surface area contributed by atoms with E-state index in [9.17, 15) is 9.18 Å². The molecule has 0 atom stereocenters. The summed E-state index contributed by atoms with van der Waals surface area (Å²) >= 11 is 1.51. The minimum atomic E-state index is -0.184. The molecule has 1 amide bonds. The van der Waals surface area contributed by atoms with Gasteiger partial charge >= 0.3 is 0 Å². The van der Waals surface area contributed by atoms with Crippen molar-refractivity contribution in [1.82, 2.24) is 20.4 Å². The molecule has 3 aromatic rings. The molecule has 0 saturated carbocycles. The molecule has 176 valence electrons. The number of halogens is 3. The summed E-state index contributed by atoms with van der Waals surface area (Å²) in [6.07, 6.45) is 4.98. The molecule has 2 aliphatic rings. The Morgan fingerprint density at radius 2 is 1.91 bits per heavy atom. The molecule has 1 fully saturated rings. The number of thioether (sulfide) groups is 1. The van der Waals surface area contributed by atoms with Crippen LogP contribution in [0.3, 0.4) is 0 Å². The van der Waals surface area contributed by atoms with Crippen molar-refractivity contribution < 1.29 is 9.18 Å². The number of aromatic amines is 1. The lowest BCUT2D eigenvalue weighted by Gasteiger charge is -2.32. The van der Waals surface area contributed by atoms with Gasteiger partial charge in [-0.2, -0.15) is 5.10 Å². The molecule has 1 saturated heterocycles. The summed E-state index contributed by atoms with van der Waals surface area (Å²) in [7, 11) is 0. The predicted octanol–water partition coefficient (Wildman–Crippen LogP) is 5.06. The summed E-state index contributed by atoms with van der Waals surface area (Å²) in [6, 6.07) is 12.8. The Balaban J connectivity index is 0.00000153. The van der Waals surface area contributed by atoms with E-state index in [4.69, 9.17) is 0 Å². The van der Waals surface area contributed by atoms with E-state index in [1.54, 1.807) is 0 Å². The first-order valence-electron chi connectivity index (χ1n) is 10.8. The van der Waals surface area contributed by atoms with E-state index < -0.39 is 0 Å². The zero-order valence-corrected chi connectivity index (χ0v) is 20.5. The fourth-order valence-electron chi connectivity index (χ4n) is 4.31. The molecular formula is C24H27Cl2FN4OS. The van der Waals surface area contributed by atoms with E-state index in [2.05, 4.69) is 20.4 Å². The molecule has 0 unspecified atom stereocenters. The maximum Gasteiger partial charge on any atom is 0.258 e. The number of carbonyl (C=O) groups excluding carboxylic acids is 1. The number of hydrogen-bond donors (Lipinski definition) is 2. The van der Waals surface area contributed by atoms with Crippen LogP contribution in [0, 0.1) is 11.7 Å². The largest absolute Gasteiger partial charge is 0.351 e. The fourth-order valence-corrected chi connectivity index (χ4v) is 5.35. The minimum absolute atomic E-state index is 0. The highest BCUT2D eigenvalue weighted by atomic mass is 35.5. The normalized spacial score (nSPS) is 16.0. The number of likely N-dealkylation sites (tertiary alicyclic amines) is 1. The van der Waals surface area contributed by atoms with Gasteiger partial charge in [0.25, 0.3) is 5.91 Å². The third-order valence-electron chi connectivity index (χ3n) is 6.18. The topological polar surface area (TPSA) is 61.0 Å². The fraction of sp³-hybridized carbons (Fsp3) is 0.333. The quantitative estimate of drug-likeness (QED) is 0.488. The summed E-state index contributed by atoms with van der Waals surface area (Å²) in [5.74, 6) is 0.301. The van der Waals surface area contributed by atoms with Crippen molar-refractivity contribution in [2.45, 2.75) is 24.2 Å². The van der Waals surface area contributed by atoms with Crippen molar-refractivity contribution in [1.29, 1.82) is 0 Å². The van der Waals surface area contributed by atoms with Gasteiger partial charge in [-0.05, 0) is 74.2 Å². The van der Waals surface area contributed by atoms with Gasteiger partial charge in [-0.3, -0.25) is 9.89 Å². The maximum atomic E-state index is 13.0. The van der Waals surface area contributed by atoms with Crippen LogP contribution in [0.4, 0.5) is 4.39 Å². The summed E-state index contributed by atoms with van der Waals surface area (Å²) in [4.78, 5) is 17.0.